The Hall–Kier alpha value is -3.03. The van der Waals surface area contributed by atoms with Crippen molar-refractivity contribution in [1.82, 2.24) is 4.98 Å². The lowest BCUT2D eigenvalue weighted by atomic mass is 10.2. The molecule has 1 N–H and O–H groups in total. The second kappa shape index (κ2) is 8.33. The van der Waals surface area contributed by atoms with Gasteiger partial charge in [0.2, 0.25) is 5.13 Å². The molecule has 0 fully saturated rings. The number of aromatic nitrogens is 1. The first-order valence-corrected chi connectivity index (χ1v) is 10.0. The highest BCUT2D eigenvalue weighted by molar-refractivity contribution is 9.10. The summed E-state index contributed by atoms with van der Waals surface area (Å²) in [6.45, 7) is 0. The minimum Gasteiger partial charge on any atom is -0.423 e. The molecule has 4 aromatic rings. The summed E-state index contributed by atoms with van der Waals surface area (Å²) in [5, 5.41) is 4.95. The molecule has 1 heterocycles. The maximum atomic E-state index is 12.2. The fourth-order valence-electron chi connectivity index (χ4n) is 2.49. The molecule has 0 aliphatic heterocycles. The molecule has 0 atom stereocenters. The van der Waals surface area contributed by atoms with E-state index >= 15 is 0 Å². The van der Waals surface area contributed by atoms with Gasteiger partial charge in [0, 0.05) is 4.47 Å². The Kier molecular flexibility index (Phi) is 5.45. The molecule has 0 saturated carbocycles. The predicted molar refractivity (Wildman–Crippen MR) is 116 cm³/mol. The maximum absolute atomic E-state index is 12.2. The Morgan fingerprint density at radius 3 is 2.57 bits per heavy atom. The predicted octanol–water partition coefficient (Wildman–Crippen LogP) is 5.72. The number of para-hydroxylation sites is 1. The van der Waals surface area contributed by atoms with Gasteiger partial charge in [0.15, 0.2) is 0 Å². The highest BCUT2D eigenvalue weighted by Crippen LogP contribution is 2.25. The molecule has 3 aromatic carbocycles. The van der Waals surface area contributed by atoms with Crippen molar-refractivity contribution in [2.75, 3.05) is 5.43 Å². The highest BCUT2D eigenvalue weighted by Gasteiger charge is 2.11. The van der Waals surface area contributed by atoms with Crippen LogP contribution in [-0.2, 0) is 0 Å². The van der Waals surface area contributed by atoms with Crippen molar-refractivity contribution in [3.63, 3.8) is 0 Å². The first-order valence-electron chi connectivity index (χ1n) is 8.40. The fourth-order valence-corrected chi connectivity index (χ4v) is 3.75. The molecular weight excluding hydrogens is 438 g/mol. The Morgan fingerprint density at radius 2 is 1.79 bits per heavy atom. The Labute approximate surface area is 173 Å². The van der Waals surface area contributed by atoms with Gasteiger partial charge in [-0.3, -0.25) is 5.43 Å². The lowest BCUT2D eigenvalue weighted by Gasteiger charge is -2.06. The maximum Gasteiger partial charge on any atom is 0.344 e. The van der Waals surface area contributed by atoms with Crippen LogP contribution in [0.1, 0.15) is 15.9 Å². The van der Waals surface area contributed by atoms with Crippen molar-refractivity contribution >= 4 is 54.8 Å². The molecule has 7 heteroatoms. The molecule has 138 valence electrons. The average Bonchev–Trinajstić information content (AvgIpc) is 3.12. The quantitative estimate of drug-likeness (QED) is 0.182. The Balaban J connectivity index is 1.38. The molecule has 0 amide bonds. The summed E-state index contributed by atoms with van der Waals surface area (Å²) in [7, 11) is 0. The minimum absolute atomic E-state index is 0.411. The average molecular weight is 452 g/mol. The van der Waals surface area contributed by atoms with Crippen molar-refractivity contribution in [3.8, 4) is 5.75 Å². The number of esters is 1. The largest absolute Gasteiger partial charge is 0.423 e. The fraction of sp³-hybridized carbons (Fsp3) is 0. The number of carbonyl (C=O) groups is 1. The van der Waals surface area contributed by atoms with Crippen LogP contribution in [0.2, 0.25) is 0 Å². The topological polar surface area (TPSA) is 63.6 Å². The van der Waals surface area contributed by atoms with E-state index in [0.29, 0.717) is 15.8 Å². The van der Waals surface area contributed by atoms with E-state index in [4.69, 9.17) is 4.74 Å². The van der Waals surface area contributed by atoms with Gasteiger partial charge in [-0.15, -0.1) is 0 Å². The third-order valence-corrected chi connectivity index (χ3v) is 5.48. The lowest BCUT2D eigenvalue weighted by molar-refractivity contribution is 0.0734. The number of anilines is 1. The first kappa shape index (κ1) is 18.3. The van der Waals surface area contributed by atoms with Crippen LogP contribution >= 0.6 is 27.3 Å². The van der Waals surface area contributed by atoms with Crippen LogP contribution in [0.4, 0.5) is 5.13 Å². The van der Waals surface area contributed by atoms with E-state index < -0.39 is 5.97 Å². The third-order valence-electron chi connectivity index (χ3n) is 3.85. The van der Waals surface area contributed by atoms with Crippen LogP contribution in [0.5, 0.6) is 5.75 Å². The van der Waals surface area contributed by atoms with E-state index in [1.807, 2.05) is 42.5 Å². The summed E-state index contributed by atoms with van der Waals surface area (Å²) in [5.74, 6) is 0.0587. The van der Waals surface area contributed by atoms with E-state index in [-0.39, 0.29) is 0 Å². The normalized spacial score (nSPS) is 11.0. The number of carbonyl (C=O) groups excluding carboxylic acids is 1. The van der Waals surface area contributed by atoms with Crippen LogP contribution in [0, 0.1) is 0 Å². The minimum atomic E-state index is -0.411. The summed E-state index contributed by atoms with van der Waals surface area (Å²) in [4.78, 5) is 16.7. The monoisotopic (exact) mass is 451 g/mol. The Morgan fingerprint density at radius 1 is 1.04 bits per heavy atom. The van der Waals surface area contributed by atoms with Crippen molar-refractivity contribution in [2.45, 2.75) is 0 Å². The SMILES string of the molecule is O=C(Oc1ccc(/C=N\Nc2nc3ccccc3s2)cc1)c1ccccc1Br. The van der Waals surface area contributed by atoms with Crippen LogP contribution in [0.25, 0.3) is 10.2 Å². The molecule has 0 aliphatic rings. The molecule has 1 aromatic heterocycles. The zero-order chi connectivity index (χ0) is 19.3. The second-order valence-electron chi connectivity index (χ2n) is 5.80. The van der Waals surface area contributed by atoms with Crippen molar-refractivity contribution in [2.24, 2.45) is 5.10 Å². The number of hydrazone groups is 1. The van der Waals surface area contributed by atoms with Gasteiger partial charge in [-0.1, -0.05) is 35.6 Å². The summed E-state index contributed by atoms with van der Waals surface area (Å²) >= 11 is 4.89. The molecule has 28 heavy (non-hydrogen) atoms. The van der Waals surface area contributed by atoms with Gasteiger partial charge >= 0.3 is 5.97 Å². The summed E-state index contributed by atoms with van der Waals surface area (Å²) in [6, 6.07) is 22.2. The highest BCUT2D eigenvalue weighted by atomic mass is 79.9. The van der Waals surface area contributed by atoms with Crippen molar-refractivity contribution in [1.29, 1.82) is 0 Å². The van der Waals surface area contributed by atoms with Gasteiger partial charge in [-0.05, 0) is 70.0 Å². The third kappa shape index (κ3) is 4.27. The van der Waals surface area contributed by atoms with E-state index in [1.165, 1.54) is 0 Å². The van der Waals surface area contributed by atoms with Crippen LogP contribution in [0.15, 0.2) is 82.4 Å². The summed E-state index contributed by atoms with van der Waals surface area (Å²) < 4.78 is 7.21. The van der Waals surface area contributed by atoms with Gasteiger partial charge in [0.05, 0.1) is 22.0 Å². The van der Waals surface area contributed by atoms with E-state index in [1.54, 1.807) is 47.9 Å². The van der Waals surface area contributed by atoms with Crippen LogP contribution in [-0.4, -0.2) is 17.2 Å². The number of nitrogens with zero attached hydrogens (tertiary/aromatic N) is 2. The molecule has 5 nitrogen and oxygen atoms in total. The molecular formula is C21H14BrN3O2S. The number of rotatable bonds is 5. The van der Waals surface area contributed by atoms with Gasteiger partial charge in [0.25, 0.3) is 0 Å². The molecule has 0 unspecified atom stereocenters. The zero-order valence-corrected chi connectivity index (χ0v) is 16.9. The van der Waals surface area contributed by atoms with Crippen LogP contribution < -0.4 is 10.2 Å². The first-order chi connectivity index (χ1) is 13.7. The molecule has 4 rings (SSSR count). The Bertz CT molecular complexity index is 1120. The van der Waals surface area contributed by atoms with E-state index in [9.17, 15) is 4.79 Å². The number of fused-ring (bicyclic) bond motifs is 1. The number of benzene rings is 3. The number of thiazole rings is 1. The van der Waals surface area contributed by atoms with Gasteiger partial charge < -0.3 is 4.74 Å². The smallest absolute Gasteiger partial charge is 0.344 e. The number of hydrogen-bond donors (Lipinski definition) is 1. The standard InChI is InChI=1S/C21H14BrN3O2S/c22-17-6-2-1-5-16(17)20(26)27-15-11-9-14(10-12-15)13-23-25-21-24-18-7-3-4-8-19(18)28-21/h1-13H,(H,24,25)/b23-13-. The van der Waals surface area contributed by atoms with Gasteiger partial charge in [0.1, 0.15) is 5.75 Å². The lowest BCUT2D eigenvalue weighted by Crippen LogP contribution is -2.09. The molecule has 0 spiro atoms. The number of hydrogen-bond acceptors (Lipinski definition) is 6. The van der Waals surface area contributed by atoms with Gasteiger partial charge in [-0.25, -0.2) is 9.78 Å². The molecule has 0 saturated heterocycles. The number of ether oxygens (including phenoxy) is 1. The summed E-state index contributed by atoms with van der Waals surface area (Å²) in [6.07, 6.45) is 1.69. The van der Waals surface area contributed by atoms with Crippen molar-refractivity contribution in [3.05, 3.63) is 88.4 Å². The van der Waals surface area contributed by atoms with E-state index in [0.717, 1.165) is 20.9 Å². The summed E-state index contributed by atoms with van der Waals surface area (Å²) in [5.41, 5.74) is 5.24. The zero-order valence-electron chi connectivity index (χ0n) is 14.5. The molecule has 0 bridgehead atoms. The molecule has 0 radical (unpaired) electrons. The van der Waals surface area contributed by atoms with E-state index in [2.05, 4.69) is 31.4 Å². The molecule has 0 aliphatic carbocycles. The number of halogens is 1. The van der Waals surface area contributed by atoms with Crippen LogP contribution in [0.3, 0.4) is 0 Å². The van der Waals surface area contributed by atoms with Gasteiger partial charge in [-0.2, -0.15) is 5.10 Å². The van der Waals surface area contributed by atoms with Crippen molar-refractivity contribution < 1.29 is 9.53 Å². The second-order valence-corrected chi connectivity index (χ2v) is 7.68. The number of nitrogens with one attached hydrogen (secondary N) is 1.